The highest BCUT2D eigenvalue weighted by atomic mass is 16.3. The van der Waals surface area contributed by atoms with Crippen molar-refractivity contribution in [2.75, 3.05) is 13.6 Å². The van der Waals surface area contributed by atoms with Crippen LogP contribution in [-0.4, -0.2) is 76.2 Å². The number of rotatable bonds is 8. The standard InChI is InChI=1S/C21H29N5O6/c1-12(27)24-16(10-13-5-7-14(28)8-6-13)20(31)26-9-3-4-17(26)21(32)25(2)19(30)15(22)11-18(23)29/h5-8,15-17,28H,3-4,9-11,22H2,1-2H3,(H2,23,29)(H,24,27)/t15-,16-,17-/m0/s1. The number of nitrogens with one attached hydrogen (secondary N) is 1. The van der Waals surface area contributed by atoms with Crippen molar-refractivity contribution in [3.8, 4) is 5.75 Å². The summed E-state index contributed by atoms with van der Waals surface area (Å²) < 4.78 is 0. The van der Waals surface area contributed by atoms with Crippen LogP contribution in [0.3, 0.4) is 0 Å². The Kier molecular flexibility index (Phi) is 8.30. The molecule has 11 nitrogen and oxygen atoms in total. The molecule has 0 saturated carbocycles. The molecule has 6 N–H and O–H groups in total. The number of nitrogens with zero attached hydrogens (tertiary/aromatic N) is 2. The van der Waals surface area contributed by atoms with E-state index in [1.807, 2.05) is 0 Å². The number of nitrogens with two attached hydrogens (primary N) is 2. The molecule has 1 aromatic carbocycles. The Morgan fingerprint density at radius 1 is 1.22 bits per heavy atom. The Bertz CT molecular complexity index is 887. The fraction of sp³-hybridized carbons (Fsp3) is 0.476. The van der Waals surface area contributed by atoms with E-state index in [4.69, 9.17) is 11.5 Å². The maximum absolute atomic E-state index is 13.3. The van der Waals surface area contributed by atoms with Gasteiger partial charge in [0, 0.05) is 26.9 Å². The van der Waals surface area contributed by atoms with Crippen molar-refractivity contribution in [3.05, 3.63) is 29.8 Å². The van der Waals surface area contributed by atoms with Crippen LogP contribution in [0.1, 0.15) is 31.7 Å². The summed E-state index contributed by atoms with van der Waals surface area (Å²) in [6.07, 6.45) is 0.651. The number of amides is 5. The summed E-state index contributed by atoms with van der Waals surface area (Å²) in [5.41, 5.74) is 11.4. The summed E-state index contributed by atoms with van der Waals surface area (Å²) >= 11 is 0. The van der Waals surface area contributed by atoms with Gasteiger partial charge in [-0.05, 0) is 30.5 Å². The largest absolute Gasteiger partial charge is 0.508 e. The highest BCUT2D eigenvalue weighted by molar-refractivity contribution is 6.02. The second kappa shape index (κ2) is 10.7. The minimum atomic E-state index is -1.26. The number of primary amides is 1. The van der Waals surface area contributed by atoms with E-state index in [1.54, 1.807) is 12.1 Å². The number of benzene rings is 1. The Hall–Kier alpha value is -3.47. The monoisotopic (exact) mass is 447 g/mol. The van der Waals surface area contributed by atoms with Crippen molar-refractivity contribution in [1.29, 1.82) is 0 Å². The van der Waals surface area contributed by atoms with Crippen molar-refractivity contribution in [3.63, 3.8) is 0 Å². The summed E-state index contributed by atoms with van der Waals surface area (Å²) in [5.74, 6) is -2.94. The summed E-state index contributed by atoms with van der Waals surface area (Å²) in [6.45, 7) is 1.58. The second-order valence-electron chi connectivity index (χ2n) is 7.83. The van der Waals surface area contributed by atoms with Gasteiger partial charge in [0.25, 0.3) is 5.91 Å². The summed E-state index contributed by atoms with van der Waals surface area (Å²) in [5, 5.41) is 12.1. The molecule has 11 heteroatoms. The molecule has 1 fully saturated rings. The minimum absolute atomic E-state index is 0.0728. The maximum Gasteiger partial charge on any atom is 0.251 e. The fourth-order valence-corrected chi connectivity index (χ4v) is 3.69. The molecule has 0 spiro atoms. The van der Waals surface area contributed by atoms with Crippen LogP contribution in [-0.2, 0) is 30.4 Å². The number of likely N-dealkylation sites (N-methyl/N-ethyl adjacent to an activating group) is 1. The Morgan fingerprint density at radius 3 is 2.41 bits per heavy atom. The zero-order valence-corrected chi connectivity index (χ0v) is 18.1. The van der Waals surface area contributed by atoms with Crippen LogP contribution in [0.4, 0.5) is 0 Å². The molecule has 1 aliphatic rings. The molecule has 2 rings (SSSR count). The molecular weight excluding hydrogens is 418 g/mol. The van der Waals surface area contributed by atoms with Crippen LogP contribution in [0.5, 0.6) is 5.75 Å². The van der Waals surface area contributed by atoms with Crippen molar-refractivity contribution in [2.24, 2.45) is 11.5 Å². The maximum atomic E-state index is 13.3. The second-order valence-corrected chi connectivity index (χ2v) is 7.83. The number of phenolic OH excluding ortho intramolecular Hbond substituents is 1. The van der Waals surface area contributed by atoms with Crippen molar-refractivity contribution >= 4 is 29.5 Å². The van der Waals surface area contributed by atoms with Gasteiger partial charge in [0.1, 0.15) is 17.8 Å². The quantitative estimate of drug-likeness (QED) is 0.379. The predicted molar refractivity (Wildman–Crippen MR) is 114 cm³/mol. The molecule has 1 aliphatic heterocycles. The molecule has 0 radical (unpaired) electrons. The lowest BCUT2D eigenvalue weighted by Gasteiger charge is -2.31. The van der Waals surface area contributed by atoms with Crippen LogP contribution in [0.25, 0.3) is 0 Å². The zero-order chi connectivity index (χ0) is 24.0. The number of likely N-dealkylation sites (tertiary alicyclic amines) is 1. The molecule has 1 saturated heterocycles. The molecule has 3 atom stereocenters. The first-order valence-corrected chi connectivity index (χ1v) is 10.2. The number of aromatic hydroxyl groups is 1. The van der Waals surface area contributed by atoms with E-state index in [-0.39, 0.29) is 18.7 Å². The lowest BCUT2D eigenvalue weighted by molar-refractivity contribution is -0.151. The number of carbonyl (C=O) groups excluding carboxylic acids is 5. The molecule has 0 aliphatic carbocycles. The predicted octanol–water partition coefficient (Wildman–Crippen LogP) is -1.38. The van der Waals surface area contributed by atoms with Gasteiger partial charge in [-0.2, -0.15) is 0 Å². The first-order chi connectivity index (χ1) is 15.0. The van der Waals surface area contributed by atoms with E-state index in [2.05, 4.69) is 5.32 Å². The van der Waals surface area contributed by atoms with Gasteiger partial charge in [-0.25, -0.2) is 0 Å². The Morgan fingerprint density at radius 2 is 1.84 bits per heavy atom. The summed E-state index contributed by atoms with van der Waals surface area (Å²) in [6, 6.07) is 3.14. The minimum Gasteiger partial charge on any atom is -0.508 e. The van der Waals surface area contributed by atoms with Gasteiger partial charge in [-0.3, -0.25) is 28.9 Å². The highest BCUT2D eigenvalue weighted by Gasteiger charge is 2.40. The van der Waals surface area contributed by atoms with Gasteiger partial charge >= 0.3 is 0 Å². The van der Waals surface area contributed by atoms with Gasteiger partial charge in [0.05, 0.1) is 12.5 Å². The van der Waals surface area contributed by atoms with Crippen LogP contribution in [0.15, 0.2) is 24.3 Å². The lowest BCUT2D eigenvalue weighted by atomic mass is 10.0. The van der Waals surface area contributed by atoms with Crippen molar-refractivity contribution < 1.29 is 29.1 Å². The number of hydrogen-bond acceptors (Lipinski definition) is 7. The third-order valence-corrected chi connectivity index (χ3v) is 5.27. The molecule has 1 heterocycles. The summed E-state index contributed by atoms with van der Waals surface area (Å²) in [4.78, 5) is 63.5. The summed E-state index contributed by atoms with van der Waals surface area (Å²) in [7, 11) is 1.24. The average Bonchev–Trinajstić information content (AvgIpc) is 3.21. The Labute approximate surface area is 185 Å². The molecule has 0 aromatic heterocycles. The van der Waals surface area contributed by atoms with E-state index in [0.29, 0.717) is 18.4 Å². The Balaban J connectivity index is 2.17. The van der Waals surface area contributed by atoms with Gasteiger partial charge in [-0.1, -0.05) is 12.1 Å². The normalized spacial score (nSPS) is 17.3. The topological polar surface area (TPSA) is 176 Å². The smallest absolute Gasteiger partial charge is 0.251 e. The SMILES string of the molecule is CC(=O)N[C@@H](Cc1ccc(O)cc1)C(=O)N1CCC[C@H]1C(=O)N(C)C(=O)[C@@H](N)CC(N)=O. The van der Waals surface area contributed by atoms with Gasteiger partial charge in [0.2, 0.25) is 23.6 Å². The molecule has 0 unspecified atom stereocenters. The van der Waals surface area contributed by atoms with E-state index in [0.717, 1.165) is 4.90 Å². The molecule has 5 amide bonds. The van der Waals surface area contributed by atoms with Crippen LogP contribution < -0.4 is 16.8 Å². The fourth-order valence-electron chi connectivity index (χ4n) is 3.69. The number of phenols is 1. The number of imide groups is 1. The van der Waals surface area contributed by atoms with E-state index in [1.165, 1.54) is 31.0 Å². The lowest BCUT2D eigenvalue weighted by Crippen LogP contribution is -2.56. The van der Waals surface area contributed by atoms with Crippen molar-refractivity contribution in [1.82, 2.24) is 15.1 Å². The van der Waals surface area contributed by atoms with Crippen molar-refractivity contribution in [2.45, 2.75) is 50.7 Å². The van der Waals surface area contributed by atoms with Crippen LogP contribution in [0, 0.1) is 0 Å². The molecule has 1 aromatic rings. The zero-order valence-electron chi connectivity index (χ0n) is 18.1. The molecule has 0 bridgehead atoms. The third kappa shape index (κ3) is 6.27. The van der Waals surface area contributed by atoms with E-state index >= 15 is 0 Å². The molecule has 174 valence electrons. The van der Waals surface area contributed by atoms with Crippen LogP contribution in [0.2, 0.25) is 0 Å². The van der Waals surface area contributed by atoms with Gasteiger partial charge in [-0.15, -0.1) is 0 Å². The average molecular weight is 447 g/mol. The third-order valence-electron chi connectivity index (χ3n) is 5.27. The van der Waals surface area contributed by atoms with Gasteiger partial charge < -0.3 is 26.8 Å². The van der Waals surface area contributed by atoms with E-state index < -0.39 is 54.1 Å². The molecule has 32 heavy (non-hydrogen) atoms. The van der Waals surface area contributed by atoms with Crippen LogP contribution >= 0.6 is 0 Å². The first kappa shape index (κ1) is 24.8. The first-order valence-electron chi connectivity index (χ1n) is 10.2. The van der Waals surface area contributed by atoms with E-state index in [9.17, 15) is 29.1 Å². The number of carbonyl (C=O) groups is 5. The number of hydrogen-bond donors (Lipinski definition) is 4. The highest BCUT2D eigenvalue weighted by Crippen LogP contribution is 2.22. The van der Waals surface area contributed by atoms with Gasteiger partial charge in [0.15, 0.2) is 0 Å². The molecular formula is C21H29N5O6.